The highest BCUT2D eigenvalue weighted by Crippen LogP contribution is 2.19. The lowest BCUT2D eigenvalue weighted by Gasteiger charge is -2.32. The molecule has 128 valence electrons. The third kappa shape index (κ3) is 5.10. The lowest BCUT2D eigenvalue weighted by molar-refractivity contribution is 0.108. The predicted molar refractivity (Wildman–Crippen MR) is 89.2 cm³/mol. The van der Waals surface area contributed by atoms with Gasteiger partial charge >= 0.3 is 0 Å². The molecule has 1 aromatic carbocycles. The fourth-order valence-electron chi connectivity index (χ4n) is 2.58. The largest absolute Gasteiger partial charge is 0.491 e. The van der Waals surface area contributed by atoms with E-state index in [0.717, 1.165) is 44.0 Å². The molecule has 5 nitrogen and oxygen atoms in total. The number of ether oxygens (including phenoxy) is 1. The van der Waals surface area contributed by atoms with E-state index >= 15 is 0 Å². The normalized spacial score (nSPS) is 16.5. The quantitative estimate of drug-likeness (QED) is 0.644. The molecule has 23 heavy (non-hydrogen) atoms. The van der Waals surface area contributed by atoms with E-state index in [4.69, 9.17) is 4.74 Å². The Kier molecular flexibility index (Phi) is 6.65. The van der Waals surface area contributed by atoms with Gasteiger partial charge in [-0.05, 0) is 44.4 Å². The van der Waals surface area contributed by atoms with Crippen LogP contribution in [0.3, 0.4) is 0 Å². The van der Waals surface area contributed by atoms with Gasteiger partial charge in [0, 0.05) is 19.6 Å². The monoisotopic (exact) mass is 323 g/mol. The van der Waals surface area contributed by atoms with Gasteiger partial charge in [-0.1, -0.05) is 6.07 Å². The van der Waals surface area contributed by atoms with Gasteiger partial charge in [0.2, 0.25) is 0 Å². The number of benzene rings is 1. The molecule has 0 bridgehead atoms. The average Bonchev–Trinajstić information content (AvgIpc) is 2.55. The number of hydrogen-bond acceptors (Lipinski definition) is 3. The SMILES string of the molecule is CCNC(=NCc1ccc(OCC)c(F)c1)N1CCC(O)CC1. The highest BCUT2D eigenvalue weighted by Gasteiger charge is 2.19. The van der Waals surface area contributed by atoms with Gasteiger partial charge in [-0.15, -0.1) is 0 Å². The van der Waals surface area contributed by atoms with Crippen molar-refractivity contribution in [1.82, 2.24) is 10.2 Å². The first kappa shape index (κ1) is 17.5. The van der Waals surface area contributed by atoms with Crippen LogP contribution < -0.4 is 10.1 Å². The zero-order valence-electron chi connectivity index (χ0n) is 13.9. The predicted octanol–water partition coefficient (Wildman–Crippen LogP) is 2.15. The smallest absolute Gasteiger partial charge is 0.194 e. The molecule has 1 heterocycles. The molecule has 0 amide bonds. The second-order valence-corrected chi connectivity index (χ2v) is 5.59. The standard InChI is InChI=1S/C17H26FN3O2/c1-3-19-17(21-9-7-14(22)8-10-21)20-12-13-5-6-16(23-4-2)15(18)11-13/h5-6,11,14,22H,3-4,7-10,12H2,1-2H3,(H,19,20). The van der Waals surface area contributed by atoms with Gasteiger partial charge in [0.15, 0.2) is 17.5 Å². The molecule has 0 aliphatic carbocycles. The summed E-state index contributed by atoms with van der Waals surface area (Å²) in [5, 5.41) is 12.9. The number of aliphatic hydroxyl groups is 1. The number of halogens is 1. The first-order valence-corrected chi connectivity index (χ1v) is 8.26. The maximum Gasteiger partial charge on any atom is 0.194 e. The van der Waals surface area contributed by atoms with Crippen LogP contribution in [-0.4, -0.2) is 48.3 Å². The summed E-state index contributed by atoms with van der Waals surface area (Å²) in [5.74, 6) is 0.733. The summed E-state index contributed by atoms with van der Waals surface area (Å²) in [6, 6.07) is 4.95. The topological polar surface area (TPSA) is 57.1 Å². The van der Waals surface area contributed by atoms with E-state index in [1.165, 1.54) is 6.07 Å². The number of hydrogen-bond donors (Lipinski definition) is 2. The summed E-state index contributed by atoms with van der Waals surface area (Å²) in [5.41, 5.74) is 0.804. The molecule has 1 fully saturated rings. The molecule has 0 unspecified atom stereocenters. The Balaban J connectivity index is 2.03. The van der Waals surface area contributed by atoms with Crippen LogP contribution in [0.4, 0.5) is 4.39 Å². The van der Waals surface area contributed by atoms with Crippen molar-refractivity contribution in [3.05, 3.63) is 29.6 Å². The van der Waals surface area contributed by atoms with Crippen molar-refractivity contribution in [2.75, 3.05) is 26.2 Å². The molecule has 0 saturated carbocycles. The minimum atomic E-state index is -0.356. The molecule has 6 heteroatoms. The summed E-state index contributed by atoms with van der Waals surface area (Å²) in [7, 11) is 0. The molecular weight excluding hydrogens is 297 g/mol. The fraction of sp³-hybridized carbons (Fsp3) is 0.588. The fourth-order valence-corrected chi connectivity index (χ4v) is 2.58. The van der Waals surface area contributed by atoms with E-state index in [1.54, 1.807) is 6.07 Å². The van der Waals surface area contributed by atoms with Crippen molar-refractivity contribution < 1.29 is 14.2 Å². The number of nitrogens with zero attached hydrogens (tertiary/aromatic N) is 2. The third-order valence-corrected chi connectivity index (χ3v) is 3.81. The van der Waals surface area contributed by atoms with Crippen LogP contribution in [-0.2, 0) is 6.54 Å². The van der Waals surface area contributed by atoms with E-state index in [0.29, 0.717) is 13.2 Å². The van der Waals surface area contributed by atoms with Crippen molar-refractivity contribution in [2.24, 2.45) is 4.99 Å². The molecule has 0 radical (unpaired) electrons. The van der Waals surface area contributed by atoms with Crippen molar-refractivity contribution >= 4 is 5.96 Å². The van der Waals surface area contributed by atoms with Crippen LogP contribution in [0.2, 0.25) is 0 Å². The summed E-state index contributed by atoms with van der Waals surface area (Å²) >= 11 is 0. The number of aliphatic imine (C=N–C) groups is 1. The highest BCUT2D eigenvalue weighted by molar-refractivity contribution is 5.80. The zero-order chi connectivity index (χ0) is 16.7. The lowest BCUT2D eigenvalue weighted by atomic mass is 10.1. The number of piperidine rings is 1. The number of nitrogens with one attached hydrogen (secondary N) is 1. The number of likely N-dealkylation sites (tertiary alicyclic amines) is 1. The van der Waals surface area contributed by atoms with Crippen LogP contribution in [0.1, 0.15) is 32.3 Å². The van der Waals surface area contributed by atoms with Crippen LogP contribution in [0.15, 0.2) is 23.2 Å². The van der Waals surface area contributed by atoms with E-state index in [1.807, 2.05) is 19.9 Å². The number of rotatable bonds is 5. The van der Waals surface area contributed by atoms with Crippen LogP contribution in [0, 0.1) is 5.82 Å². The summed E-state index contributed by atoms with van der Waals surface area (Å²) in [4.78, 5) is 6.73. The van der Waals surface area contributed by atoms with E-state index in [-0.39, 0.29) is 17.7 Å². The highest BCUT2D eigenvalue weighted by atomic mass is 19.1. The maximum atomic E-state index is 13.9. The van der Waals surface area contributed by atoms with Crippen LogP contribution >= 0.6 is 0 Å². The molecule has 1 aliphatic heterocycles. The van der Waals surface area contributed by atoms with Gasteiger partial charge in [0.25, 0.3) is 0 Å². The average molecular weight is 323 g/mol. The zero-order valence-corrected chi connectivity index (χ0v) is 13.9. The van der Waals surface area contributed by atoms with E-state index in [9.17, 15) is 9.50 Å². The van der Waals surface area contributed by atoms with Crippen LogP contribution in [0.25, 0.3) is 0 Å². The Labute approximate surface area is 137 Å². The second kappa shape index (κ2) is 8.72. The van der Waals surface area contributed by atoms with Crippen LogP contribution in [0.5, 0.6) is 5.75 Å². The van der Waals surface area contributed by atoms with Gasteiger partial charge < -0.3 is 20.1 Å². The molecule has 0 aromatic heterocycles. The third-order valence-electron chi connectivity index (χ3n) is 3.81. The van der Waals surface area contributed by atoms with Gasteiger partial charge in [0.1, 0.15) is 0 Å². The first-order valence-electron chi connectivity index (χ1n) is 8.26. The number of guanidine groups is 1. The number of aliphatic hydroxyl groups excluding tert-OH is 1. The molecule has 0 spiro atoms. The Morgan fingerprint density at radius 3 is 2.74 bits per heavy atom. The second-order valence-electron chi connectivity index (χ2n) is 5.59. The minimum Gasteiger partial charge on any atom is -0.491 e. The minimum absolute atomic E-state index is 0.214. The Morgan fingerprint density at radius 2 is 2.13 bits per heavy atom. The summed E-state index contributed by atoms with van der Waals surface area (Å²) in [6.45, 7) is 7.04. The van der Waals surface area contributed by atoms with Crippen molar-refractivity contribution in [3.63, 3.8) is 0 Å². The first-order chi connectivity index (χ1) is 11.1. The van der Waals surface area contributed by atoms with Gasteiger partial charge in [-0.2, -0.15) is 0 Å². The Morgan fingerprint density at radius 1 is 1.39 bits per heavy atom. The molecule has 1 aliphatic rings. The van der Waals surface area contributed by atoms with Gasteiger partial charge in [-0.3, -0.25) is 0 Å². The Hall–Kier alpha value is -1.82. The molecule has 2 rings (SSSR count). The Bertz CT molecular complexity index is 529. The van der Waals surface area contributed by atoms with E-state index in [2.05, 4.69) is 15.2 Å². The van der Waals surface area contributed by atoms with Crippen molar-refractivity contribution in [1.29, 1.82) is 0 Å². The molecule has 0 atom stereocenters. The molecular formula is C17H26FN3O2. The summed E-state index contributed by atoms with van der Waals surface area (Å²) in [6.07, 6.45) is 1.29. The maximum absolute atomic E-state index is 13.9. The molecule has 2 N–H and O–H groups in total. The summed E-state index contributed by atoms with van der Waals surface area (Å²) < 4.78 is 19.1. The van der Waals surface area contributed by atoms with E-state index < -0.39 is 0 Å². The molecule has 1 aromatic rings. The lowest BCUT2D eigenvalue weighted by Crippen LogP contribution is -2.46. The van der Waals surface area contributed by atoms with Gasteiger partial charge in [0.05, 0.1) is 19.3 Å². The van der Waals surface area contributed by atoms with Gasteiger partial charge in [-0.25, -0.2) is 9.38 Å². The van der Waals surface area contributed by atoms with Crippen molar-refractivity contribution in [2.45, 2.75) is 39.3 Å². The molecule has 1 saturated heterocycles. The van der Waals surface area contributed by atoms with Crippen molar-refractivity contribution in [3.8, 4) is 5.75 Å².